The fourth-order valence-corrected chi connectivity index (χ4v) is 2.34. The van der Waals surface area contributed by atoms with E-state index in [1.165, 1.54) is 4.31 Å². The first kappa shape index (κ1) is 8.96. The topological polar surface area (TPSA) is 46.6 Å². The maximum absolute atomic E-state index is 11.2. The molecule has 0 unspecified atom stereocenters. The Morgan fingerprint density at radius 2 is 2.27 bits per heavy atom. The molecule has 1 rings (SSSR count). The molecule has 0 amide bonds. The summed E-state index contributed by atoms with van der Waals surface area (Å²) in [4.78, 5) is 0. The van der Waals surface area contributed by atoms with Crippen molar-refractivity contribution in [3.63, 3.8) is 0 Å². The van der Waals surface area contributed by atoms with E-state index in [9.17, 15) is 8.42 Å². The third-order valence-electron chi connectivity index (χ3n) is 1.58. The standard InChI is InChI=1S/C6H13NO3S/c1-2-3-7-4-5-10-6-11(7,8)9/h2-6H2,1H3. The molecule has 1 heterocycles. The van der Waals surface area contributed by atoms with E-state index >= 15 is 0 Å². The summed E-state index contributed by atoms with van der Waals surface area (Å²) in [5.74, 6) is -0.146. The Labute approximate surface area is 67.2 Å². The lowest BCUT2D eigenvalue weighted by Crippen LogP contribution is -2.41. The number of hydrogen-bond donors (Lipinski definition) is 0. The van der Waals surface area contributed by atoms with E-state index in [1.807, 2.05) is 6.92 Å². The normalized spacial score (nSPS) is 25.2. The summed E-state index contributed by atoms with van der Waals surface area (Å²) in [6, 6.07) is 0. The maximum atomic E-state index is 11.2. The molecule has 11 heavy (non-hydrogen) atoms. The van der Waals surface area contributed by atoms with Crippen molar-refractivity contribution in [1.29, 1.82) is 0 Å². The molecule has 0 N–H and O–H groups in total. The van der Waals surface area contributed by atoms with Gasteiger partial charge in [-0.1, -0.05) is 6.92 Å². The van der Waals surface area contributed by atoms with Gasteiger partial charge in [-0.05, 0) is 6.42 Å². The zero-order valence-electron chi connectivity index (χ0n) is 6.62. The van der Waals surface area contributed by atoms with Crippen LogP contribution in [0.15, 0.2) is 0 Å². The van der Waals surface area contributed by atoms with Crippen molar-refractivity contribution < 1.29 is 13.2 Å². The van der Waals surface area contributed by atoms with E-state index in [2.05, 4.69) is 0 Å². The lowest BCUT2D eigenvalue weighted by molar-refractivity contribution is 0.132. The zero-order valence-corrected chi connectivity index (χ0v) is 7.43. The van der Waals surface area contributed by atoms with E-state index < -0.39 is 10.0 Å². The van der Waals surface area contributed by atoms with Gasteiger partial charge < -0.3 is 4.74 Å². The van der Waals surface area contributed by atoms with Gasteiger partial charge in [0, 0.05) is 13.1 Å². The SMILES string of the molecule is CCCN1CCOCS1(=O)=O. The highest BCUT2D eigenvalue weighted by molar-refractivity contribution is 7.88. The van der Waals surface area contributed by atoms with Crippen LogP contribution in [0, 0.1) is 0 Å². The Morgan fingerprint density at radius 3 is 2.82 bits per heavy atom. The minimum Gasteiger partial charge on any atom is -0.363 e. The molecule has 0 saturated carbocycles. The smallest absolute Gasteiger partial charge is 0.238 e. The Balaban J connectivity index is 2.60. The second-order valence-electron chi connectivity index (χ2n) is 2.54. The summed E-state index contributed by atoms with van der Waals surface area (Å²) in [7, 11) is -3.07. The third kappa shape index (κ3) is 2.15. The molecular formula is C6H13NO3S. The minimum atomic E-state index is -3.07. The molecule has 4 nitrogen and oxygen atoms in total. The van der Waals surface area contributed by atoms with Crippen molar-refractivity contribution in [2.45, 2.75) is 13.3 Å². The number of nitrogens with zero attached hydrogens (tertiary/aromatic N) is 1. The molecule has 0 aromatic carbocycles. The van der Waals surface area contributed by atoms with Crippen molar-refractivity contribution in [2.24, 2.45) is 0 Å². The van der Waals surface area contributed by atoms with E-state index in [1.54, 1.807) is 0 Å². The van der Waals surface area contributed by atoms with Crippen LogP contribution >= 0.6 is 0 Å². The van der Waals surface area contributed by atoms with Crippen LogP contribution < -0.4 is 0 Å². The highest BCUT2D eigenvalue weighted by atomic mass is 32.2. The highest BCUT2D eigenvalue weighted by Crippen LogP contribution is 2.07. The molecule has 1 aliphatic rings. The molecule has 1 fully saturated rings. The monoisotopic (exact) mass is 179 g/mol. The fraction of sp³-hybridized carbons (Fsp3) is 1.00. The quantitative estimate of drug-likeness (QED) is 0.600. The number of hydrogen-bond acceptors (Lipinski definition) is 3. The van der Waals surface area contributed by atoms with Gasteiger partial charge in [-0.2, -0.15) is 4.31 Å². The Morgan fingerprint density at radius 1 is 1.55 bits per heavy atom. The predicted octanol–water partition coefficient (Wildman–Crippen LogP) is 0.0159. The summed E-state index contributed by atoms with van der Waals surface area (Å²) < 4.78 is 28.7. The average molecular weight is 179 g/mol. The van der Waals surface area contributed by atoms with Crippen LogP contribution in [0.25, 0.3) is 0 Å². The summed E-state index contributed by atoms with van der Waals surface area (Å²) >= 11 is 0. The van der Waals surface area contributed by atoms with Gasteiger partial charge in [0.15, 0.2) is 5.94 Å². The Kier molecular flexibility index (Phi) is 2.86. The number of rotatable bonds is 2. The van der Waals surface area contributed by atoms with Crippen LogP contribution in [0.3, 0.4) is 0 Å². The second-order valence-corrected chi connectivity index (χ2v) is 4.45. The maximum Gasteiger partial charge on any atom is 0.238 e. The minimum absolute atomic E-state index is 0.146. The van der Waals surface area contributed by atoms with Crippen molar-refractivity contribution in [3.05, 3.63) is 0 Å². The highest BCUT2D eigenvalue weighted by Gasteiger charge is 2.24. The molecule has 5 heteroatoms. The van der Waals surface area contributed by atoms with Crippen molar-refractivity contribution in [2.75, 3.05) is 25.6 Å². The molecule has 0 aromatic rings. The molecule has 0 aliphatic carbocycles. The van der Waals surface area contributed by atoms with Gasteiger partial charge in [0.2, 0.25) is 10.0 Å². The van der Waals surface area contributed by atoms with Crippen molar-refractivity contribution in [1.82, 2.24) is 4.31 Å². The van der Waals surface area contributed by atoms with Crippen LogP contribution in [-0.2, 0) is 14.8 Å². The molecule has 1 saturated heterocycles. The van der Waals surface area contributed by atoms with Crippen LogP contribution in [0.1, 0.15) is 13.3 Å². The van der Waals surface area contributed by atoms with E-state index in [-0.39, 0.29) is 5.94 Å². The second kappa shape index (κ2) is 3.51. The van der Waals surface area contributed by atoms with E-state index in [0.29, 0.717) is 19.7 Å². The predicted molar refractivity (Wildman–Crippen MR) is 41.6 cm³/mol. The zero-order chi connectivity index (χ0) is 8.32. The summed E-state index contributed by atoms with van der Waals surface area (Å²) in [6.07, 6.45) is 0.860. The average Bonchev–Trinajstić information content (AvgIpc) is 1.94. The fourth-order valence-electron chi connectivity index (χ4n) is 1.04. The molecular weight excluding hydrogens is 166 g/mol. The van der Waals surface area contributed by atoms with Gasteiger partial charge in [0.25, 0.3) is 0 Å². The molecule has 0 aromatic heterocycles. The van der Waals surface area contributed by atoms with Gasteiger partial charge in [-0.15, -0.1) is 0 Å². The van der Waals surface area contributed by atoms with E-state index in [4.69, 9.17) is 4.74 Å². The van der Waals surface area contributed by atoms with Gasteiger partial charge in [0.1, 0.15) is 0 Å². The molecule has 0 spiro atoms. The Bertz CT molecular complexity index is 210. The summed E-state index contributed by atoms with van der Waals surface area (Å²) in [6.45, 7) is 3.62. The van der Waals surface area contributed by atoms with Crippen molar-refractivity contribution >= 4 is 10.0 Å². The van der Waals surface area contributed by atoms with Crippen LogP contribution in [-0.4, -0.2) is 38.4 Å². The first-order valence-corrected chi connectivity index (χ1v) is 5.33. The van der Waals surface area contributed by atoms with Crippen molar-refractivity contribution in [3.8, 4) is 0 Å². The van der Waals surface area contributed by atoms with Crippen LogP contribution in [0.4, 0.5) is 0 Å². The van der Waals surface area contributed by atoms with Gasteiger partial charge in [-0.3, -0.25) is 0 Å². The van der Waals surface area contributed by atoms with Crippen LogP contribution in [0.5, 0.6) is 0 Å². The van der Waals surface area contributed by atoms with Gasteiger partial charge in [-0.25, -0.2) is 8.42 Å². The first-order valence-electron chi connectivity index (χ1n) is 3.72. The number of sulfonamides is 1. The number of ether oxygens (including phenoxy) is 1. The third-order valence-corrected chi connectivity index (χ3v) is 3.20. The largest absolute Gasteiger partial charge is 0.363 e. The van der Waals surface area contributed by atoms with E-state index in [0.717, 1.165) is 6.42 Å². The molecule has 1 aliphatic heterocycles. The molecule has 0 atom stereocenters. The summed E-state index contributed by atoms with van der Waals surface area (Å²) in [5.41, 5.74) is 0. The molecule has 0 bridgehead atoms. The molecule has 66 valence electrons. The van der Waals surface area contributed by atoms with Gasteiger partial charge >= 0.3 is 0 Å². The van der Waals surface area contributed by atoms with Crippen LogP contribution in [0.2, 0.25) is 0 Å². The lowest BCUT2D eigenvalue weighted by Gasteiger charge is -2.25. The first-order chi connectivity index (χ1) is 5.17. The lowest BCUT2D eigenvalue weighted by atomic mass is 10.5. The van der Waals surface area contributed by atoms with Gasteiger partial charge in [0.05, 0.1) is 6.61 Å². The Hall–Kier alpha value is -0.130. The molecule has 0 radical (unpaired) electrons. The summed E-state index contributed by atoms with van der Waals surface area (Å²) in [5, 5.41) is 0.